The zero-order valence-corrected chi connectivity index (χ0v) is 18.7. The maximum atomic E-state index is 13.0. The van der Waals surface area contributed by atoms with Crippen LogP contribution in [0.15, 0.2) is 48.5 Å². The predicted octanol–water partition coefficient (Wildman–Crippen LogP) is 3.39. The zero-order chi connectivity index (χ0) is 22.8. The number of ether oxygens (including phenoxy) is 1. The molecule has 8 nitrogen and oxygen atoms in total. The Hall–Kier alpha value is -3.07. The molecule has 0 fully saturated rings. The lowest BCUT2D eigenvalue weighted by Crippen LogP contribution is -2.48. The number of rotatable bonds is 11. The summed E-state index contributed by atoms with van der Waals surface area (Å²) in [5.41, 5.74) is 1.79. The second-order valence-electron chi connectivity index (χ2n) is 6.86. The topological polar surface area (TPSA) is 102 Å². The van der Waals surface area contributed by atoms with E-state index in [1.807, 2.05) is 31.2 Å². The van der Waals surface area contributed by atoms with Crippen molar-refractivity contribution >= 4 is 29.3 Å². The summed E-state index contributed by atoms with van der Waals surface area (Å²) in [6.45, 7) is 4.31. The van der Waals surface area contributed by atoms with Gasteiger partial charge in [-0.2, -0.15) is 0 Å². The highest BCUT2D eigenvalue weighted by molar-refractivity contribution is 7.99. The maximum absolute atomic E-state index is 13.0. The summed E-state index contributed by atoms with van der Waals surface area (Å²) in [5.74, 6) is 1.03. The van der Waals surface area contributed by atoms with Crippen molar-refractivity contribution in [2.75, 3.05) is 19.4 Å². The third kappa shape index (κ3) is 7.29. The molecule has 0 aliphatic carbocycles. The monoisotopic (exact) mass is 445 g/mol. The number of benzene rings is 2. The fraction of sp³-hybridized carbons (Fsp3) is 0.364. The van der Waals surface area contributed by atoms with Crippen LogP contribution in [0, 0.1) is 10.1 Å². The molecule has 9 heteroatoms. The minimum absolute atomic E-state index is 0.0325. The highest BCUT2D eigenvalue weighted by Gasteiger charge is 2.25. The van der Waals surface area contributed by atoms with Gasteiger partial charge < -0.3 is 15.0 Å². The molecule has 1 atom stereocenters. The quantitative estimate of drug-likeness (QED) is 0.420. The van der Waals surface area contributed by atoms with Gasteiger partial charge in [0.2, 0.25) is 11.8 Å². The molecule has 0 aliphatic rings. The number of carbonyl (C=O) groups excluding carboxylic acids is 2. The Morgan fingerprint density at radius 2 is 1.90 bits per heavy atom. The van der Waals surface area contributed by atoms with Crippen LogP contribution in [-0.2, 0) is 21.9 Å². The van der Waals surface area contributed by atoms with E-state index in [9.17, 15) is 19.7 Å². The smallest absolute Gasteiger partial charge is 0.269 e. The Morgan fingerprint density at radius 1 is 1.19 bits per heavy atom. The first-order valence-corrected chi connectivity index (χ1v) is 11.0. The number of hydrogen-bond acceptors (Lipinski definition) is 6. The third-order valence-electron chi connectivity index (χ3n) is 4.65. The molecule has 2 rings (SSSR count). The van der Waals surface area contributed by atoms with Crippen LogP contribution in [0.2, 0.25) is 0 Å². The molecule has 0 heterocycles. The summed E-state index contributed by atoms with van der Waals surface area (Å²) < 4.78 is 5.25. The van der Waals surface area contributed by atoms with Crippen molar-refractivity contribution in [1.82, 2.24) is 10.2 Å². The summed E-state index contributed by atoms with van der Waals surface area (Å²) in [4.78, 5) is 37.3. The van der Waals surface area contributed by atoms with Gasteiger partial charge in [0.1, 0.15) is 11.8 Å². The molecule has 2 amide bonds. The van der Waals surface area contributed by atoms with E-state index in [0.717, 1.165) is 11.1 Å². The van der Waals surface area contributed by atoms with Crippen molar-refractivity contribution in [1.29, 1.82) is 0 Å². The van der Waals surface area contributed by atoms with Gasteiger partial charge in [-0.3, -0.25) is 19.7 Å². The Morgan fingerprint density at radius 3 is 2.52 bits per heavy atom. The van der Waals surface area contributed by atoms with Gasteiger partial charge in [-0.05, 0) is 37.1 Å². The van der Waals surface area contributed by atoms with E-state index in [1.165, 1.54) is 23.9 Å². The molecule has 0 radical (unpaired) electrons. The van der Waals surface area contributed by atoms with E-state index in [-0.39, 0.29) is 29.8 Å². The van der Waals surface area contributed by atoms with Crippen LogP contribution in [0.4, 0.5) is 5.69 Å². The number of nitro groups is 1. The first-order valence-electron chi connectivity index (χ1n) is 9.86. The van der Waals surface area contributed by atoms with Gasteiger partial charge in [0, 0.05) is 31.0 Å². The molecule has 31 heavy (non-hydrogen) atoms. The fourth-order valence-electron chi connectivity index (χ4n) is 2.93. The summed E-state index contributed by atoms with van der Waals surface area (Å²) in [5, 5.41) is 13.5. The number of amides is 2. The summed E-state index contributed by atoms with van der Waals surface area (Å²) in [6, 6.07) is 13.0. The Kier molecular flexibility index (Phi) is 9.33. The standard InChI is InChI=1S/C22H27N3O5S/c1-4-23-22(27)16(2)24(13-18-6-5-7-20(12-18)30-3)21(26)15-31-14-17-8-10-19(11-9-17)25(28)29/h5-12,16H,4,13-15H2,1-3H3,(H,23,27). The number of hydrogen-bond donors (Lipinski definition) is 1. The van der Waals surface area contributed by atoms with Crippen molar-refractivity contribution in [3.05, 3.63) is 69.8 Å². The molecule has 0 bridgehead atoms. The number of nitro benzene ring substituents is 1. The fourth-order valence-corrected chi connectivity index (χ4v) is 3.80. The van der Waals surface area contributed by atoms with Crippen molar-refractivity contribution in [2.45, 2.75) is 32.2 Å². The Labute approximate surface area is 186 Å². The summed E-state index contributed by atoms with van der Waals surface area (Å²) >= 11 is 1.40. The minimum Gasteiger partial charge on any atom is -0.497 e. The van der Waals surface area contributed by atoms with Crippen LogP contribution in [-0.4, -0.2) is 47.1 Å². The third-order valence-corrected chi connectivity index (χ3v) is 5.64. The normalized spacial score (nSPS) is 11.5. The molecule has 1 unspecified atom stereocenters. The number of nitrogens with zero attached hydrogens (tertiary/aromatic N) is 2. The van der Waals surface area contributed by atoms with E-state index in [2.05, 4.69) is 5.32 Å². The molecule has 0 saturated carbocycles. The lowest BCUT2D eigenvalue weighted by molar-refractivity contribution is -0.384. The average molecular weight is 446 g/mol. The van der Waals surface area contributed by atoms with E-state index in [4.69, 9.17) is 4.74 Å². The van der Waals surface area contributed by atoms with Crippen LogP contribution in [0.5, 0.6) is 5.75 Å². The molecule has 1 N–H and O–H groups in total. The van der Waals surface area contributed by atoms with Crippen molar-refractivity contribution in [3.8, 4) is 5.75 Å². The van der Waals surface area contributed by atoms with Gasteiger partial charge in [-0.1, -0.05) is 24.3 Å². The first kappa shape index (κ1) is 24.2. The zero-order valence-electron chi connectivity index (χ0n) is 17.9. The van der Waals surface area contributed by atoms with E-state index in [1.54, 1.807) is 31.1 Å². The molecule has 0 aromatic heterocycles. The highest BCUT2D eigenvalue weighted by atomic mass is 32.2. The van der Waals surface area contributed by atoms with E-state index in [0.29, 0.717) is 18.0 Å². The number of carbonyl (C=O) groups is 2. The van der Waals surface area contributed by atoms with Gasteiger partial charge in [-0.25, -0.2) is 0 Å². The van der Waals surface area contributed by atoms with Crippen LogP contribution in [0.1, 0.15) is 25.0 Å². The lowest BCUT2D eigenvalue weighted by atomic mass is 10.1. The van der Waals surface area contributed by atoms with Crippen molar-refractivity contribution in [2.24, 2.45) is 0 Å². The lowest BCUT2D eigenvalue weighted by Gasteiger charge is -2.28. The van der Waals surface area contributed by atoms with Gasteiger partial charge >= 0.3 is 0 Å². The van der Waals surface area contributed by atoms with Gasteiger partial charge in [0.05, 0.1) is 17.8 Å². The summed E-state index contributed by atoms with van der Waals surface area (Å²) in [7, 11) is 1.58. The minimum atomic E-state index is -0.626. The molecule has 2 aromatic carbocycles. The van der Waals surface area contributed by atoms with Gasteiger partial charge in [-0.15, -0.1) is 11.8 Å². The average Bonchev–Trinajstić information content (AvgIpc) is 2.77. The molecular weight excluding hydrogens is 418 g/mol. The number of methoxy groups -OCH3 is 1. The number of likely N-dealkylation sites (N-methyl/N-ethyl adjacent to an activating group) is 1. The van der Waals surface area contributed by atoms with Crippen molar-refractivity contribution in [3.63, 3.8) is 0 Å². The van der Waals surface area contributed by atoms with Crippen LogP contribution < -0.4 is 10.1 Å². The number of thioether (sulfide) groups is 1. The van der Waals surface area contributed by atoms with E-state index < -0.39 is 11.0 Å². The van der Waals surface area contributed by atoms with Crippen molar-refractivity contribution < 1.29 is 19.2 Å². The molecule has 0 saturated heterocycles. The predicted molar refractivity (Wildman–Crippen MR) is 121 cm³/mol. The molecular formula is C22H27N3O5S. The highest BCUT2D eigenvalue weighted by Crippen LogP contribution is 2.20. The van der Waals surface area contributed by atoms with Crippen LogP contribution in [0.3, 0.4) is 0 Å². The van der Waals surface area contributed by atoms with Gasteiger partial charge in [0.25, 0.3) is 5.69 Å². The SMILES string of the molecule is CCNC(=O)C(C)N(Cc1cccc(OC)c1)C(=O)CSCc1ccc([N+](=O)[O-])cc1. The number of non-ortho nitro benzene ring substituents is 1. The molecule has 166 valence electrons. The Bertz CT molecular complexity index is 904. The first-order chi connectivity index (χ1) is 14.8. The molecule has 0 spiro atoms. The van der Waals surface area contributed by atoms with E-state index >= 15 is 0 Å². The number of nitrogens with one attached hydrogen (secondary N) is 1. The largest absolute Gasteiger partial charge is 0.497 e. The molecule has 2 aromatic rings. The van der Waals surface area contributed by atoms with Gasteiger partial charge in [0.15, 0.2) is 0 Å². The van der Waals surface area contributed by atoms with Crippen LogP contribution in [0.25, 0.3) is 0 Å². The molecule has 0 aliphatic heterocycles. The second kappa shape index (κ2) is 11.9. The maximum Gasteiger partial charge on any atom is 0.269 e. The second-order valence-corrected chi connectivity index (χ2v) is 7.85. The van der Waals surface area contributed by atoms with Crippen LogP contribution >= 0.6 is 11.8 Å². The summed E-state index contributed by atoms with van der Waals surface area (Å²) in [6.07, 6.45) is 0. The Balaban J connectivity index is 2.05.